The van der Waals surface area contributed by atoms with Gasteiger partial charge < -0.3 is 5.11 Å². The molecule has 4 nitrogen and oxygen atoms in total. The van der Waals surface area contributed by atoms with Crippen molar-refractivity contribution in [1.29, 1.82) is 0 Å². The van der Waals surface area contributed by atoms with Crippen LogP contribution in [0.2, 0.25) is 0 Å². The molecular weight excluding hydrogens is 394 g/mol. The van der Waals surface area contributed by atoms with Crippen LogP contribution in [0.5, 0.6) is 0 Å². The Kier molecular flexibility index (Phi) is 6.15. The molecule has 2 aromatic rings. The van der Waals surface area contributed by atoms with Crippen molar-refractivity contribution < 1.29 is 5.11 Å². The van der Waals surface area contributed by atoms with Gasteiger partial charge in [-0.05, 0) is 69.7 Å². The van der Waals surface area contributed by atoms with Crippen LogP contribution in [0.15, 0.2) is 60.7 Å². The number of aliphatic hydroxyl groups excluding tert-OH is 1. The van der Waals surface area contributed by atoms with Crippen LogP contribution < -0.4 is 0 Å². The molecule has 1 heterocycles. The lowest BCUT2D eigenvalue weighted by molar-refractivity contribution is -0.104. The summed E-state index contributed by atoms with van der Waals surface area (Å²) in [5, 5.41) is 11.5. The molecule has 3 fully saturated rings. The molecule has 1 unspecified atom stereocenters. The molecule has 0 aromatic heterocycles. The van der Waals surface area contributed by atoms with Crippen LogP contribution >= 0.6 is 0 Å². The molecule has 32 heavy (non-hydrogen) atoms. The van der Waals surface area contributed by atoms with Gasteiger partial charge in [0, 0.05) is 30.7 Å². The highest BCUT2D eigenvalue weighted by molar-refractivity contribution is 5.27. The molecule has 2 aliphatic carbocycles. The highest BCUT2D eigenvalue weighted by atomic mass is 16.3. The number of hydrogen-bond acceptors (Lipinski definition) is 4. The van der Waals surface area contributed by atoms with Crippen molar-refractivity contribution in [2.45, 2.75) is 68.9 Å². The van der Waals surface area contributed by atoms with Gasteiger partial charge in [0.2, 0.25) is 0 Å². The number of benzene rings is 2. The van der Waals surface area contributed by atoms with Gasteiger partial charge in [-0.3, -0.25) is 14.7 Å². The summed E-state index contributed by atoms with van der Waals surface area (Å²) >= 11 is 0. The Bertz CT molecular complexity index is 872. The van der Waals surface area contributed by atoms with Gasteiger partial charge in [0.25, 0.3) is 0 Å². The molecule has 172 valence electrons. The molecule has 4 heteroatoms. The maximum atomic E-state index is 11.5. The van der Waals surface area contributed by atoms with Crippen molar-refractivity contribution in [3.05, 3.63) is 71.8 Å². The third-order valence-electron chi connectivity index (χ3n) is 8.80. The first-order valence-corrected chi connectivity index (χ1v) is 12.5. The van der Waals surface area contributed by atoms with Gasteiger partial charge in [-0.25, -0.2) is 0 Å². The summed E-state index contributed by atoms with van der Waals surface area (Å²) in [4.78, 5) is 7.27. The van der Waals surface area contributed by atoms with Crippen LogP contribution in [-0.2, 0) is 12.1 Å². The molecule has 0 amide bonds. The number of aliphatic hydroxyl groups is 1. The van der Waals surface area contributed by atoms with Gasteiger partial charge in [0.15, 0.2) is 6.35 Å². The Hall–Kier alpha value is -1.72. The van der Waals surface area contributed by atoms with Crippen LogP contribution in [0.4, 0.5) is 0 Å². The van der Waals surface area contributed by atoms with E-state index in [0.29, 0.717) is 0 Å². The number of hydrogen-bond donors (Lipinski definition) is 1. The van der Waals surface area contributed by atoms with Crippen molar-refractivity contribution in [3.8, 4) is 0 Å². The van der Waals surface area contributed by atoms with Crippen LogP contribution in [0.25, 0.3) is 0 Å². The summed E-state index contributed by atoms with van der Waals surface area (Å²) < 4.78 is 0. The van der Waals surface area contributed by atoms with E-state index >= 15 is 0 Å². The minimum atomic E-state index is -0.473. The topological polar surface area (TPSA) is 30.0 Å². The molecule has 0 radical (unpaired) electrons. The average Bonchev–Trinajstić information content (AvgIpc) is 3.03. The first-order chi connectivity index (χ1) is 15.5. The molecule has 1 atom stereocenters. The largest absolute Gasteiger partial charge is 0.365 e. The second kappa shape index (κ2) is 8.90. The van der Waals surface area contributed by atoms with Crippen LogP contribution in [0.3, 0.4) is 0 Å². The third-order valence-corrected chi connectivity index (χ3v) is 8.80. The summed E-state index contributed by atoms with van der Waals surface area (Å²) in [7, 11) is 4.48. The second-order valence-electron chi connectivity index (χ2n) is 10.7. The van der Waals surface area contributed by atoms with E-state index in [1.807, 2.05) is 0 Å². The predicted molar refractivity (Wildman–Crippen MR) is 130 cm³/mol. The summed E-state index contributed by atoms with van der Waals surface area (Å²) in [6, 6.07) is 21.7. The highest BCUT2D eigenvalue weighted by Crippen LogP contribution is 2.50. The summed E-state index contributed by atoms with van der Waals surface area (Å²) in [6.45, 7) is 2.84. The summed E-state index contributed by atoms with van der Waals surface area (Å²) in [5.74, 6) is 0.757. The standard InChI is InChI=1S/C28H39N3O/c1-29(2)28(25-14-7-4-8-15-25)18-16-27(17-19-28)22-30(20-23-10-5-3-6-11-23)26(32)31(27)21-24-12-9-13-24/h3-8,10-11,14-15,24,26,32H,9,12-13,16-22H2,1-2H3. The van der Waals surface area contributed by atoms with Crippen molar-refractivity contribution >= 4 is 0 Å². The molecule has 2 aromatic carbocycles. The van der Waals surface area contributed by atoms with E-state index in [1.54, 1.807) is 0 Å². The lowest BCUT2D eigenvalue weighted by Gasteiger charge is -2.52. The second-order valence-corrected chi connectivity index (χ2v) is 10.7. The van der Waals surface area contributed by atoms with Gasteiger partial charge in [-0.2, -0.15) is 0 Å². The molecule has 1 N–H and O–H groups in total. The molecule has 0 bridgehead atoms. The zero-order valence-corrected chi connectivity index (χ0v) is 19.8. The van der Waals surface area contributed by atoms with Crippen molar-refractivity contribution in [1.82, 2.24) is 14.7 Å². The first-order valence-electron chi connectivity index (χ1n) is 12.5. The molecule has 1 saturated heterocycles. The van der Waals surface area contributed by atoms with Gasteiger partial charge in [0.05, 0.1) is 0 Å². The minimum absolute atomic E-state index is 0.0814. The van der Waals surface area contributed by atoms with Crippen LogP contribution in [0.1, 0.15) is 56.1 Å². The zero-order valence-electron chi connectivity index (χ0n) is 19.8. The normalized spacial score (nSPS) is 31.9. The monoisotopic (exact) mass is 433 g/mol. The number of nitrogens with zero attached hydrogens (tertiary/aromatic N) is 3. The number of rotatable bonds is 6. The average molecular weight is 434 g/mol. The van der Waals surface area contributed by atoms with E-state index in [2.05, 4.69) is 89.5 Å². The molecule has 1 aliphatic heterocycles. The van der Waals surface area contributed by atoms with Gasteiger partial charge in [-0.15, -0.1) is 0 Å². The van der Waals surface area contributed by atoms with E-state index in [4.69, 9.17) is 0 Å². The quantitative estimate of drug-likeness (QED) is 0.718. The fourth-order valence-corrected chi connectivity index (χ4v) is 6.51. The van der Waals surface area contributed by atoms with Crippen LogP contribution in [0, 0.1) is 5.92 Å². The smallest absolute Gasteiger partial charge is 0.166 e. The van der Waals surface area contributed by atoms with E-state index in [1.165, 1.54) is 30.4 Å². The minimum Gasteiger partial charge on any atom is -0.365 e. The maximum absolute atomic E-state index is 11.5. The van der Waals surface area contributed by atoms with Gasteiger partial charge in [-0.1, -0.05) is 67.1 Å². The Morgan fingerprint density at radius 2 is 1.53 bits per heavy atom. The van der Waals surface area contributed by atoms with E-state index < -0.39 is 6.35 Å². The molecule has 3 aliphatic rings. The van der Waals surface area contributed by atoms with E-state index in [9.17, 15) is 5.11 Å². The molecular formula is C28H39N3O. The Balaban J connectivity index is 1.39. The van der Waals surface area contributed by atoms with Crippen molar-refractivity contribution in [2.24, 2.45) is 5.92 Å². The lowest BCUT2D eigenvalue weighted by Crippen LogP contribution is -2.57. The first kappa shape index (κ1) is 22.1. The van der Waals surface area contributed by atoms with Crippen molar-refractivity contribution in [2.75, 3.05) is 27.2 Å². The van der Waals surface area contributed by atoms with Gasteiger partial charge >= 0.3 is 0 Å². The van der Waals surface area contributed by atoms with Crippen molar-refractivity contribution in [3.63, 3.8) is 0 Å². The van der Waals surface area contributed by atoms with E-state index in [0.717, 1.165) is 51.2 Å². The Labute approximate surface area is 193 Å². The summed E-state index contributed by atoms with van der Waals surface area (Å²) in [5.41, 5.74) is 2.89. The SMILES string of the molecule is CN(C)C1(c2ccccc2)CCC2(CC1)CN(Cc1ccccc1)C(O)N2CC1CCC1. The predicted octanol–water partition coefficient (Wildman–Crippen LogP) is 4.65. The Morgan fingerprint density at radius 1 is 0.906 bits per heavy atom. The Morgan fingerprint density at radius 3 is 2.09 bits per heavy atom. The third kappa shape index (κ3) is 3.92. The van der Waals surface area contributed by atoms with Crippen LogP contribution in [-0.4, -0.2) is 58.9 Å². The lowest BCUT2D eigenvalue weighted by atomic mass is 9.68. The molecule has 5 rings (SSSR count). The van der Waals surface area contributed by atoms with Gasteiger partial charge in [0.1, 0.15) is 0 Å². The maximum Gasteiger partial charge on any atom is 0.166 e. The fourth-order valence-electron chi connectivity index (χ4n) is 6.51. The summed E-state index contributed by atoms with van der Waals surface area (Å²) in [6.07, 6.45) is 8.07. The molecule has 2 saturated carbocycles. The zero-order chi connectivity index (χ0) is 22.2. The fraction of sp³-hybridized carbons (Fsp3) is 0.571. The van der Waals surface area contributed by atoms with E-state index in [-0.39, 0.29) is 11.1 Å². The molecule has 1 spiro atoms. The highest BCUT2D eigenvalue weighted by Gasteiger charge is 2.54.